The summed E-state index contributed by atoms with van der Waals surface area (Å²) in [5.41, 5.74) is 3.33. The van der Waals surface area contributed by atoms with Crippen LogP contribution in [0.15, 0.2) is 0 Å². The van der Waals surface area contributed by atoms with E-state index < -0.39 is 0 Å². The molecular formula is C18H28S2. The highest BCUT2D eigenvalue weighted by atomic mass is 32.1. The van der Waals surface area contributed by atoms with E-state index in [0.717, 1.165) is 0 Å². The van der Waals surface area contributed by atoms with Crippen molar-refractivity contribution in [3.63, 3.8) is 0 Å². The van der Waals surface area contributed by atoms with Crippen molar-refractivity contribution in [3.8, 4) is 0 Å². The Morgan fingerprint density at radius 1 is 0.700 bits per heavy atom. The van der Waals surface area contributed by atoms with E-state index >= 15 is 0 Å². The third-order valence-electron chi connectivity index (χ3n) is 3.82. The van der Waals surface area contributed by atoms with Gasteiger partial charge < -0.3 is 0 Å². The maximum atomic E-state index is 2.34. The van der Waals surface area contributed by atoms with E-state index in [1.807, 2.05) is 0 Å². The molecule has 2 aromatic heterocycles. The number of thiophene rings is 2. The Balaban J connectivity index is 2.67. The van der Waals surface area contributed by atoms with Crippen molar-refractivity contribution < 1.29 is 0 Å². The molecule has 0 fully saturated rings. The molecule has 0 spiro atoms. The average molecular weight is 309 g/mol. The molecule has 0 bridgehead atoms. The van der Waals surface area contributed by atoms with Crippen LogP contribution in [0.4, 0.5) is 0 Å². The third kappa shape index (κ3) is 2.82. The Hall–Kier alpha value is -0.340. The van der Waals surface area contributed by atoms with Gasteiger partial charge in [0, 0.05) is 19.2 Å². The first-order chi connectivity index (χ1) is 9.51. The molecule has 0 radical (unpaired) electrons. The predicted octanol–water partition coefficient (Wildman–Crippen LogP) is 7.11. The quantitative estimate of drug-likeness (QED) is 0.533. The van der Waals surface area contributed by atoms with Gasteiger partial charge in [-0.05, 0) is 35.8 Å². The molecule has 0 amide bonds. The van der Waals surface area contributed by atoms with Crippen LogP contribution in [0, 0.1) is 0 Å². The summed E-state index contributed by atoms with van der Waals surface area (Å²) in [5.74, 6) is 1.33. The van der Waals surface area contributed by atoms with Crippen LogP contribution in [0.1, 0.15) is 87.1 Å². The van der Waals surface area contributed by atoms with Crippen molar-refractivity contribution in [2.75, 3.05) is 0 Å². The highest BCUT2D eigenvalue weighted by molar-refractivity contribution is 7.28. The van der Waals surface area contributed by atoms with Crippen molar-refractivity contribution in [1.82, 2.24) is 0 Å². The van der Waals surface area contributed by atoms with E-state index in [0.29, 0.717) is 11.8 Å². The van der Waals surface area contributed by atoms with Gasteiger partial charge >= 0.3 is 0 Å². The SMILES string of the molecule is CCCc1c(C(C)C)sc2c(CCC)c(C(C)C)sc12. The number of aryl methyl sites for hydroxylation is 2. The van der Waals surface area contributed by atoms with Gasteiger partial charge in [0.15, 0.2) is 0 Å². The van der Waals surface area contributed by atoms with Crippen LogP contribution < -0.4 is 0 Å². The van der Waals surface area contributed by atoms with Crippen LogP contribution in [0.5, 0.6) is 0 Å². The first kappa shape index (κ1) is 16.0. The molecule has 0 aromatic carbocycles. The van der Waals surface area contributed by atoms with Crippen LogP contribution in [0.2, 0.25) is 0 Å². The molecule has 0 aliphatic heterocycles. The van der Waals surface area contributed by atoms with Crippen molar-refractivity contribution in [3.05, 3.63) is 20.9 Å². The van der Waals surface area contributed by atoms with Crippen LogP contribution in [0.25, 0.3) is 9.40 Å². The van der Waals surface area contributed by atoms with Gasteiger partial charge in [-0.15, -0.1) is 22.7 Å². The fourth-order valence-corrected chi connectivity index (χ4v) is 6.01. The molecule has 2 rings (SSSR count). The van der Waals surface area contributed by atoms with E-state index in [4.69, 9.17) is 0 Å². The lowest BCUT2D eigenvalue weighted by Crippen LogP contribution is -1.91. The van der Waals surface area contributed by atoms with Crippen molar-refractivity contribution >= 4 is 32.1 Å². The fraction of sp³-hybridized carbons (Fsp3) is 0.667. The number of fused-ring (bicyclic) bond motifs is 1. The van der Waals surface area contributed by atoms with E-state index in [1.165, 1.54) is 25.7 Å². The molecule has 2 aromatic rings. The van der Waals surface area contributed by atoms with Gasteiger partial charge in [-0.1, -0.05) is 54.4 Å². The summed E-state index contributed by atoms with van der Waals surface area (Å²) in [4.78, 5) is 3.28. The first-order valence-corrected chi connectivity index (χ1v) is 9.71. The molecule has 2 heteroatoms. The molecule has 112 valence electrons. The van der Waals surface area contributed by atoms with Gasteiger partial charge in [-0.25, -0.2) is 0 Å². The lowest BCUT2D eigenvalue weighted by atomic mass is 10.0. The third-order valence-corrected chi connectivity index (χ3v) is 7.14. The molecule has 0 atom stereocenters. The molecule has 0 unspecified atom stereocenters. The molecular weight excluding hydrogens is 280 g/mol. The normalized spacial score (nSPS) is 12.2. The molecule has 0 saturated heterocycles. The van der Waals surface area contributed by atoms with E-state index in [2.05, 4.69) is 64.2 Å². The van der Waals surface area contributed by atoms with Crippen LogP contribution in [-0.2, 0) is 12.8 Å². The second-order valence-corrected chi connectivity index (χ2v) is 8.46. The molecule has 0 nitrogen and oxygen atoms in total. The minimum absolute atomic E-state index is 0.665. The zero-order chi connectivity index (χ0) is 14.9. The van der Waals surface area contributed by atoms with E-state index in [9.17, 15) is 0 Å². The van der Waals surface area contributed by atoms with Crippen LogP contribution >= 0.6 is 22.7 Å². The maximum absolute atomic E-state index is 2.34. The number of rotatable bonds is 6. The summed E-state index contributed by atoms with van der Waals surface area (Å²) in [7, 11) is 0. The Bertz CT molecular complexity index is 518. The number of hydrogen-bond donors (Lipinski definition) is 0. The van der Waals surface area contributed by atoms with Crippen molar-refractivity contribution in [2.45, 2.75) is 79.1 Å². The Kier molecular flexibility index (Phi) is 5.30. The Morgan fingerprint density at radius 3 is 1.30 bits per heavy atom. The van der Waals surface area contributed by atoms with Gasteiger partial charge in [0.25, 0.3) is 0 Å². The Morgan fingerprint density at radius 2 is 1.05 bits per heavy atom. The molecule has 0 saturated carbocycles. The second kappa shape index (κ2) is 6.62. The minimum atomic E-state index is 0.665. The first-order valence-electron chi connectivity index (χ1n) is 8.07. The number of hydrogen-bond acceptors (Lipinski definition) is 2. The van der Waals surface area contributed by atoms with E-state index in [1.54, 1.807) is 30.3 Å². The Labute approximate surface area is 132 Å². The summed E-state index contributed by atoms with van der Waals surface area (Å²) < 4.78 is 3.24. The van der Waals surface area contributed by atoms with Crippen LogP contribution in [-0.4, -0.2) is 0 Å². The summed E-state index contributed by atoms with van der Waals surface area (Å²) >= 11 is 4.17. The highest BCUT2D eigenvalue weighted by Crippen LogP contribution is 2.46. The van der Waals surface area contributed by atoms with Gasteiger partial charge in [0.05, 0.1) is 0 Å². The van der Waals surface area contributed by atoms with Crippen molar-refractivity contribution in [1.29, 1.82) is 0 Å². The highest BCUT2D eigenvalue weighted by Gasteiger charge is 2.22. The molecule has 0 N–H and O–H groups in total. The standard InChI is InChI=1S/C18H28S2/c1-7-9-13-15(11(3)4)19-18-14(10-8-2)16(12(5)6)20-17(13)18/h11-12H,7-10H2,1-6H3. The van der Waals surface area contributed by atoms with Gasteiger partial charge in [-0.2, -0.15) is 0 Å². The molecule has 0 aliphatic carbocycles. The maximum Gasteiger partial charge on any atom is 0.0491 e. The zero-order valence-corrected chi connectivity index (χ0v) is 15.4. The van der Waals surface area contributed by atoms with Crippen LogP contribution in [0.3, 0.4) is 0 Å². The average Bonchev–Trinajstić information content (AvgIpc) is 2.89. The lowest BCUT2D eigenvalue weighted by Gasteiger charge is -2.08. The smallest absolute Gasteiger partial charge is 0.0491 e. The van der Waals surface area contributed by atoms with Gasteiger partial charge in [-0.3, -0.25) is 0 Å². The second-order valence-electron chi connectivity index (χ2n) is 6.36. The molecule has 20 heavy (non-hydrogen) atoms. The summed E-state index contributed by atoms with van der Waals surface area (Å²) in [6.45, 7) is 14.0. The topological polar surface area (TPSA) is 0 Å². The largest absolute Gasteiger partial charge is 0.139 e. The summed E-state index contributed by atoms with van der Waals surface area (Å²) in [6.07, 6.45) is 5.00. The monoisotopic (exact) mass is 308 g/mol. The minimum Gasteiger partial charge on any atom is -0.139 e. The predicted molar refractivity (Wildman–Crippen MR) is 95.9 cm³/mol. The van der Waals surface area contributed by atoms with E-state index in [-0.39, 0.29) is 0 Å². The van der Waals surface area contributed by atoms with Gasteiger partial charge in [0.1, 0.15) is 0 Å². The zero-order valence-electron chi connectivity index (χ0n) is 13.8. The summed E-state index contributed by atoms with van der Waals surface area (Å²) in [6, 6.07) is 0. The van der Waals surface area contributed by atoms with Gasteiger partial charge in [0.2, 0.25) is 0 Å². The molecule has 0 aliphatic rings. The summed E-state index contributed by atoms with van der Waals surface area (Å²) in [5, 5.41) is 0. The van der Waals surface area contributed by atoms with Crippen molar-refractivity contribution in [2.24, 2.45) is 0 Å². The lowest BCUT2D eigenvalue weighted by molar-refractivity contribution is 0.847. The fourth-order valence-electron chi connectivity index (χ4n) is 2.96. The molecule has 2 heterocycles.